The van der Waals surface area contributed by atoms with E-state index in [1.165, 1.54) is 35.4 Å². The smallest absolute Gasteiger partial charge is 0.366 e. The standard InChI is InChI=1S/C38H52O17/c1-11-18(2)26(40)53-21-15-22(52-19(3)39)34(28(41)44-6)16-50-25-24(34)33(21)17-51-36(48-10,29(42)45-7)27(33)31(4)37(43)23-14-20(32(37,5)55-38(25,31)54-23)35(47-9)12-13-49-30(35)46-8/h11,20-25,27,30,43H,12-17H2,1-10H3/b18-11+/t20-,21+,22-,23+,24-,25-,27+,30+,31-,32-,33+,34+,35+,36+,37+,38-/m1/s1. The minimum absolute atomic E-state index is 0.203. The fourth-order valence-corrected chi connectivity index (χ4v) is 13.5. The van der Waals surface area contributed by atoms with Crippen LogP contribution in [0.2, 0.25) is 0 Å². The number of hydrogen-bond acceptors (Lipinski definition) is 17. The van der Waals surface area contributed by atoms with Crippen LogP contribution in [-0.4, -0.2) is 143 Å². The van der Waals surface area contributed by atoms with Crippen molar-refractivity contribution in [1.82, 2.24) is 0 Å². The Morgan fingerprint density at radius 2 is 1.58 bits per heavy atom. The second-order valence-corrected chi connectivity index (χ2v) is 16.7. The van der Waals surface area contributed by atoms with Crippen molar-refractivity contribution in [2.45, 2.75) is 113 Å². The Hall–Kier alpha value is -2.74. The first kappa shape index (κ1) is 39.1. The van der Waals surface area contributed by atoms with Gasteiger partial charge >= 0.3 is 23.9 Å². The minimum Gasteiger partial charge on any atom is -0.468 e. The Kier molecular flexibility index (Phi) is 8.63. The molecular formula is C38H52O17. The average molecular weight is 781 g/mol. The predicted octanol–water partition coefficient (Wildman–Crippen LogP) is 0.956. The van der Waals surface area contributed by atoms with E-state index in [0.29, 0.717) is 13.0 Å². The Bertz CT molecular complexity index is 1720. The molecule has 0 aromatic heterocycles. The van der Waals surface area contributed by atoms with E-state index in [9.17, 15) is 24.3 Å². The van der Waals surface area contributed by atoms with E-state index in [2.05, 4.69) is 0 Å². The lowest BCUT2D eigenvalue weighted by molar-refractivity contribution is -0.380. The monoisotopic (exact) mass is 780 g/mol. The molecule has 5 saturated heterocycles. The number of aliphatic hydroxyl groups is 1. The molecular weight excluding hydrogens is 728 g/mol. The first-order chi connectivity index (χ1) is 26.0. The molecule has 1 spiro atoms. The van der Waals surface area contributed by atoms with Gasteiger partial charge < -0.3 is 61.9 Å². The van der Waals surface area contributed by atoms with Crippen molar-refractivity contribution >= 4 is 23.9 Å². The highest BCUT2D eigenvalue weighted by Gasteiger charge is 3.01. The molecule has 0 amide bonds. The van der Waals surface area contributed by atoms with Crippen molar-refractivity contribution < 1.29 is 81.1 Å². The summed E-state index contributed by atoms with van der Waals surface area (Å²) in [6.45, 7) is 7.64. The number of carbonyl (C=O) groups is 4. The largest absolute Gasteiger partial charge is 0.468 e. The maximum atomic E-state index is 14.6. The van der Waals surface area contributed by atoms with Gasteiger partial charge in [-0.25, -0.2) is 9.59 Å². The van der Waals surface area contributed by atoms with E-state index in [1.54, 1.807) is 40.9 Å². The number of ether oxygens (including phenoxy) is 12. The quantitative estimate of drug-likeness (QED) is 0.197. The molecule has 0 aromatic carbocycles. The molecule has 8 aliphatic rings. The summed E-state index contributed by atoms with van der Waals surface area (Å²) >= 11 is 0. The van der Waals surface area contributed by atoms with Gasteiger partial charge in [0.05, 0.1) is 51.5 Å². The van der Waals surface area contributed by atoms with Gasteiger partial charge in [0.2, 0.25) is 5.79 Å². The topological polar surface area (TPSA) is 199 Å². The van der Waals surface area contributed by atoms with Crippen LogP contribution in [0, 0.1) is 34.0 Å². The fraction of sp³-hybridized carbons (Fsp3) is 0.842. The summed E-state index contributed by atoms with van der Waals surface area (Å²) in [5, 5.41) is 13.9. The van der Waals surface area contributed by atoms with Crippen LogP contribution in [0.5, 0.6) is 0 Å². The normalized spacial score (nSPS) is 52.7. The van der Waals surface area contributed by atoms with Gasteiger partial charge in [-0.2, -0.15) is 0 Å². The second kappa shape index (κ2) is 12.1. The molecule has 5 heterocycles. The Morgan fingerprint density at radius 1 is 0.873 bits per heavy atom. The van der Waals surface area contributed by atoms with E-state index >= 15 is 0 Å². The highest BCUT2D eigenvalue weighted by atomic mass is 16.8. The molecule has 3 aliphatic carbocycles. The van der Waals surface area contributed by atoms with E-state index < -0.39 is 117 Å². The Balaban J connectivity index is 1.45. The molecule has 0 aromatic rings. The van der Waals surface area contributed by atoms with E-state index in [-0.39, 0.29) is 31.6 Å². The van der Waals surface area contributed by atoms with Crippen molar-refractivity contribution in [3.63, 3.8) is 0 Å². The number of allylic oxidation sites excluding steroid dienone is 1. The van der Waals surface area contributed by atoms with Crippen molar-refractivity contribution in [2.75, 3.05) is 55.4 Å². The molecule has 1 N–H and O–H groups in total. The maximum absolute atomic E-state index is 14.6. The number of carbonyl (C=O) groups excluding carboxylic acids is 4. The summed E-state index contributed by atoms with van der Waals surface area (Å²) in [5.41, 5.74) is -9.42. The third-order valence-electron chi connectivity index (χ3n) is 15.5. The van der Waals surface area contributed by atoms with Crippen LogP contribution in [0.1, 0.15) is 53.9 Å². The summed E-state index contributed by atoms with van der Waals surface area (Å²) in [6.07, 6.45) is -3.54. The highest BCUT2D eigenvalue weighted by molar-refractivity contribution is 5.88. The van der Waals surface area contributed by atoms with Gasteiger partial charge in [-0.3, -0.25) is 9.59 Å². The number of rotatable bonds is 9. The SMILES string of the molecule is C/C=C(\C)C(=O)O[C@H]1C[C@@H](OC(C)=O)[C@@]2(C(=O)OC)CO[C@@H]3[C@@H]2[C@]12CO[C@](OC)(C(=O)OC)[C@H]2[C@@]1(C)[C@@]32O[C@H]3C[C@@H]([C@@]4(OC)CCO[C@@H]4OC)[C@@](C)(O2)[C@]31O. The molecule has 0 radical (unpaired) electrons. The number of hydrogen-bond donors (Lipinski definition) is 1. The second-order valence-electron chi connectivity index (χ2n) is 16.7. The highest BCUT2D eigenvalue weighted by Crippen LogP contribution is 2.86. The zero-order valence-electron chi connectivity index (χ0n) is 32.9. The zero-order valence-corrected chi connectivity index (χ0v) is 32.9. The van der Waals surface area contributed by atoms with Gasteiger partial charge in [-0.1, -0.05) is 13.0 Å². The lowest BCUT2D eigenvalue weighted by atomic mass is 9.37. The van der Waals surface area contributed by atoms with Gasteiger partial charge in [0.25, 0.3) is 5.79 Å². The van der Waals surface area contributed by atoms with E-state index in [4.69, 9.17) is 56.8 Å². The van der Waals surface area contributed by atoms with Gasteiger partial charge in [-0.15, -0.1) is 0 Å². The van der Waals surface area contributed by atoms with Crippen molar-refractivity contribution in [2.24, 2.45) is 34.0 Å². The molecule has 306 valence electrons. The third-order valence-corrected chi connectivity index (χ3v) is 15.5. The van der Waals surface area contributed by atoms with Crippen LogP contribution in [0.3, 0.4) is 0 Å². The van der Waals surface area contributed by atoms with Gasteiger partial charge in [0, 0.05) is 63.9 Å². The fourth-order valence-electron chi connectivity index (χ4n) is 13.5. The lowest BCUT2D eigenvalue weighted by Crippen LogP contribution is -2.79. The summed E-state index contributed by atoms with van der Waals surface area (Å²) in [5.74, 6) is -10.4. The molecule has 2 bridgehead atoms. The van der Waals surface area contributed by atoms with Crippen LogP contribution in [-0.2, 0) is 76.0 Å². The van der Waals surface area contributed by atoms with Gasteiger partial charge in [0.15, 0.2) is 6.29 Å². The number of esters is 4. The first-order valence-electron chi connectivity index (χ1n) is 18.8. The van der Waals surface area contributed by atoms with Crippen LogP contribution < -0.4 is 0 Å². The molecule has 5 aliphatic heterocycles. The maximum Gasteiger partial charge on any atom is 0.366 e. The molecule has 17 nitrogen and oxygen atoms in total. The minimum atomic E-state index is -2.29. The molecule has 0 unspecified atom stereocenters. The molecule has 16 atom stereocenters. The Morgan fingerprint density at radius 3 is 2.18 bits per heavy atom. The predicted molar refractivity (Wildman–Crippen MR) is 180 cm³/mol. The van der Waals surface area contributed by atoms with Gasteiger partial charge in [0.1, 0.15) is 40.5 Å². The lowest BCUT2D eigenvalue weighted by Gasteiger charge is -2.65. The van der Waals surface area contributed by atoms with Crippen molar-refractivity contribution in [3.8, 4) is 0 Å². The van der Waals surface area contributed by atoms with Gasteiger partial charge in [-0.05, 0) is 27.2 Å². The van der Waals surface area contributed by atoms with E-state index in [0.717, 1.165) is 0 Å². The summed E-state index contributed by atoms with van der Waals surface area (Å²) in [7, 11) is 6.76. The third kappa shape index (κ3) is 3.96. The summed E-state index contributed by atoms with van der Waals surface area (Å²) in [6, 6.07) is 0. The van der Waals surface area contributed by atoms with Crippen LogP contribution in [0.25, 0.3) is 0 Å². The summed E-state index contributed by atoms with van der Waals surface area (Å²) < 4.78 is 75.4. The van der Waals surface area contributed by atoms with Crippen molar-refractivity contribution in [1.29, 1.82) is 0 Å². The molecule has 55 heavy (non-hydrogen) atoms. The summed E-state index contributed by atoms with van der Waals surface area (Å²) in [4.78, 5) is 55.7. The molecule has 8 rings (SSSR count). The van der Waals surface area contributed by atoms with Crippen LogP contribution in [0.4, 0.5) is 0 Å². The molecule has 8 fully saturated rings. The van der Waals surface area contributed by atoms with Crippen LogP contribution in [0.15, 0.2) is 11.6 Å². The zero-order chi connectivity index (χ0) is 39.9. The van der Waals surface area contributed by atoms with Crippen LogP contribution >= 0.6 is 0 Å². The number of methoxy groups -OCH3 is 5. The molecule has 17 heteroatoms. The average Bonchev–Trinajstić information content (AvgIpc) is 3.96. The van der Waals surface area contributed by atoms with Crippen molar-refractivity contribution in [3.05, 3.63) is 11.6 Å². The first-order valence-corrected chi connectivity index (χ1v) is 18.8. The molecule has 3 saturated carbocycles. The Labute approximate surface area is 318 Å². The van der Waals surface area contributed by atoms with E-state index in [1.807, 2.05) is 0 Å².